The van der Waals surface area contributed by atoms with Crippen molar-refractivity contribution in [1.29, 1.82) is 0 Å². The Bertz CT molecular complexity index is 192. The molecule has 3 nitrogen and oxygen atoms in total. The fourth-order valence-electron chi connectivity index (χ4n) is 2.02. The summed E-state index contributed by atoms with van der Waals surface area (Å²) < 4.78 is 0. The van der Waals surface area contributed by atoms with E-state index in [9.17, 15) is 4.79 Å². The minimum Gasteiger partial charge on any atom is -0.358 e. The molecule has 0 bridgehead atoms. The molecule has 0 fully saturated rings. The summed E-state index contributed by atoms with van der Waals surface area (Å²) in [5, 5.41) is 6.09. The van der Waals surface area contributed by atoms with E-state index < -0.39 is 0 Å². The Hall–Kier alpha value is -0.570. The number of carbonyl (C=O) groups excluding carboxylic acids is 1. The Morgan fingerprint density at radius 2 is 1.44 bits per heavy atom. The van der Waals surface area contributed by atoms with Gasteiger partial charge in [-0.1, -0.05) is 27.7 Å². The highest BCUT2D eigenvalue weighted by Crippen LogP contribution is 2.13. The minimum atomic E-state index is -0.104. The van der Waals surface area contributed by atoms with Crippen molar-refractivity contribution in [2.45, 2.75) is 59.5 Å². The van der Waals surface area contributed by atoms with Crippen molar-refractivity contribution in [1.82, 2.24) is 10.6 Å². The van der Waals surface area contributed by atoms with E-state index in [1.807, 2.05) is 6.92 Å². The number of hydrogen-bond acceptors (Lipinski definition) is 2. The molecule has 0 aromatic carbocycles. The maximum absolute atomic E-state index is 11.4. The van der Waals surface area contributed by atoms with Crippen LogP contribution < -0.4 is 10.6 Å². The monoisotopic (exact) mass is 228 g/mol. The molecule has 0 aromatic rings. The molecule has 0 aliphatic carbocycles. The highest BCUT2D eigenvalue weighted by atomic mass is 16.2. The van der Waals surface area contributed by atoms with Crippen LogP contribution in [0.5, 0.6) is 0 Å². The molecular formula is C13H28N2O. The largest absolute Gasteiger partial charge is 0.358 e. The Labute approximate surface area is 100 Å². The summed E-state index contributed by atoms with van der Waals surface area (Å²) in [5.74, 6) is 1.39. The van der Waals surface area contributed by atoms with Gasteiger partial charge in [0.05, 0.1) is 6.04 Å². The van der Waals surface area contributed by atoms with Crippen LogP contribution >= 0.6 is 0 Å². The van der Waals surface area contributed by atoms with Crippen LogP contribution in [0.15, 0.2) is 0 Å². The predicted octanol–water partition coefficient (Wildman–Crippen LogP) is 2.17. The summed E-state index contributed by atoms with van der Waals surface area (Å²) in [7, 11) is 1.68. The van der Waals surface area contributed by atoms with E-state index in [2.05, 4.69) is 38.3 Å². The summed E-state index contributed by atoms with van der Waals surface area (Å²) in [6, 6.07) is 0.333. The van der Waals surface area contributed by atoms with Crippen molar-refractivity contribution in [3.05, 3.63) is 0 Å². The molecule has 1 atom stereocenters. The van der Waals surface area contributed by atoms with E-state index in [1.54, 1.807) is 7.05 Å². The van der Waals surface area contributed by atoms with E-state index in [1.165, 1.54) is 0 Å². The number of rotatable bonds is 7. The van der Waals surface area contributed by atoms with Gasteiger partial charge in [0.2, 0.25) is 5.91 Å². The molecule has 2 N–H and O–H groups in total. The molecule has 0 saturated carbocycles. The number of amides is 1. The topological polar surface area (TPSA) is 41.1 Å². The number of nitrogens with one attached hydrogen (secondary N) is 2. The zero-order valence-electron chi connectivity index (χ0n) is 11.6. The van der Waals surface area contributed by atoms with Crippen LogP contribution in [0, 0.1) is 11.8 Å². The van der Waals surface area contributed by atoms with Crippen molar-refractivity contribution < 1.29 is 4.79 Å². The maximum Gasteiger partial charge on any atom is 0.236 e. The van der Waals surface area contributed by atoms with Crippen LogP contribution in [0.4, 0.5) is 0 Å². The Morgan fingerprint density at radius 1 is 1.00 bits per heavy atom. The molecule has 0 saturated heterocycles. The predicted molar refractivity (Wildman–Crippen MR) is 69.4 cm³/mol. The molecule has 3 heteroatoms. The van der Waals surface area contributed by atoms with Crippen LogP contribution in [0.3, 0.4) is 0 Å². The van der Waals surface area contributed by atoms with E-state index in [0.717, 1.165) is 12.8 Å². The van der Waals surface area contributed by atoms with Gasteiger partial charge in [-0.05, 0) is 31.6 Å². The van der Waals surface area contributed by atoms with Crippen LogP contribution in [0.1, 0.15) is 47.5 Å². The van der Waals surface area contributed by atoms with Gasteiger partial charge < -0.3 is 10.6 Å². The summed E-state index contributed by atoms with van der Waals surface area (Å²) in [6.07, 6.45) is 2.25. The van der Waals surface area contributed by atoms with E-state index >= 15 is 0 Å². The fraction of sp³-hybridized carbons (Fsp3) is 0.923. The molecule has 96 valence electrons. The first-order chi connectivity index (χ1) is 7.36. The summed E-state index contributed by atoms with van der Waals surface area (Å²) >= 11 is 0. The van der Waals surface area contributed by atoms with Gasteiger partial charge in [-0.3, -0.25) is 4.79 Å². The lowest BCUT2D eigenvalue weighted by Gasteiger charge is -2.25. The molecule has 0 heterocycles. The lowest BCUT2D eigenvalue weighted by molar-refractivity contribution is -0.122. The molecule has 1 unspecified atom stereocenters. The van der Waals surface area contributed by atoms with Crippen LogP contribution in [0.2, 0.25) is 0 Å². The van der Waals surface area contributed by atoms with Crippen LogP contribution in [0.25, 0.3) is 0 Å². The van der Waals surface area contributed by atoms with Gasteiger partial charge in [0, 0.05) is 13.1 Å². The highest BCUT2D eigenvalue weighted by Gasteiger charge is 2.18. The van der Waals surface area contributed by atoms with E-state index in [-0.39, 0.29) is 11.9 Å². The number of likely N-dealkylation sites (N-methyl/N-ethyl adjacent to an activating group) is 1. The van der Waals surface area contributed by atoms with Gasteiger partial charge in [-0.25, -0.2) is 0 Å². The average Bonchev–Trinajstić information content (AvgIpc) is 2.14. The third-order valence-corrected chi connectivity index (χ3v) is 2.64. The third-order valence-electron chi connectivity index (χ3n) is 2.64. The zero-order valence-corrected chi connectivity index (χ0v) is 11.6. The third kappa shape index (κ3) is 6.83. The van der Waals surface area contributed by atoms with Crippen LogP contribution in [-0.4, -0.2) is 25.0 Å². The molecule has 16 heavy (non-hydrogen) atoms. The van der Waals surface area contributed by atoms with Crippen molar-refractivity contribution in [2.75, 3.05) is 7.05 Å². The first-order valence-corrected chi connectivity index (χ1v) is 6.34. The second kappa shape index (κ2) is 7.66. The second-order valence-corrected chi connectivity index (χ2v) is 5.46. The Morgan fingerprint density at radius 3 is 1.75 bits per heavy atom. The summed E-state index contributed by atoms with van der Waals surface area (Å²) in [4.78, 5) is 11.4. The molecular weight excluding hydrogens is 200 g/mol. The highest BCUT2D eigenvalue weighted by molar-refractivity contribution is 5.80. The Kier molecular flexibility index (Phi) is 7.39. The zero-order chi connectivity index (χ0) is 12.7. The van der Waals surface area contributed by atoms with Gasteiger partial charge in [0.25, 0.3) is 0 Å². The van der Waals surface area contributed by atoms with Crippen molar-refractivity contribution in [3.63, 3.8) is 0 Å². The quantitative estimate of drug-likeness (QED) is 0.701. The van der Waals surface area contributed by atoms with Gasteiger partial charge in [-0.2, -0.15) is 0 Å². The number of carbonyl (C=O) groups is 1. The standard InChI is InChI=1S/C13H28N2O/c1-9(2)7-12(8-10(3)4)15-11(5)13(16)14-6/h9-12,15H,7-8H2,1-6H3,(H,14,16). The Balaban J connectivity index is 4.24. The van der Waals surface area contributed by atoms with Crippen molar-refractivity contribution in [3.8, 4) is 0 Å². The average molecular weight is 228 g/mol. The molecule has 0 aliphatic rings. The van der Waals surface area contributed by atoms with Gasteiger partial charge >= 0.3 is 0 Å². The lowest BCUT2D eigenvalue weighted by Crippen LogP contribution is -2.46. The van der Waals surface area contributed by atoms with Gasteiger partial charge in [0.15, 0.2) is 0 Å². The fourth-order valence-corrected chi connectivity index (χ4v) is 2.02. The molecule has 0 rings (SSSR count). The van der Waals surface area contributed by atoms with Gasteiger partial charge in [0.1, 0.15) is 0 Å². The van der Waals surface area contributed by atoms with E-state index in [4.69, 9.17) is 0 Å². The van der Waals surface area contributed by atoms with Crippen molar-refractivity contribution in [2.24, 2.45) is 11.8 Å². The lowest BCUT2D eigenvalue weighted by atomic mass is 9.95. The molecule has 0 radical (unpaired) electrons. The first kappa shape index (κ1) is 15.4. The summed E-state index contributed by atoms with van der Waals surface area (Å²) in [5.41, 5.74) is 0. The smallest absolute Gasteiger partial charge is 0.236 e. The first-order valence-electron chi connectivity index (χ1n) is 6.34. The number of hydrogen-bond donors (Lipinski definition) is 2. The maximum atomic E-state index is 11.4. The normalized spacial score (nSPS) is 13.6. The molecule has 0 aromatic heterocycles. The van der Waals surface area contributed by atoms with Crippen LogP contribution in [-0.2, 0) is 4.79 Å². The van der Waals surface area contributed by atoms with Gasteiger partial charge in [-0.15, -0.1) is 0 Å². The second-order valence-electron chi connectivity index (χ2n) is 5.46. The van der Waals surface area contributed by atoms with Crippen molar-refractivity contribution >= 4 is 5.91 Å². The van der Waals surface area contributed by atoms with E-state index in [0.29, 0.717) is 17.9 Å². The SMILES string of the molecule is CNC(=O)C(C)NC(CC(C)C)CC(C)C. The molecule has 0 aliphatic heterocycles. The summed E-state index contributed by atoms with van der Waals surface area (Å²) in [6.45, 7) is 10.8. The molecule has 1 amide bonds. The minimum absolute atomic E-state index is 0.0671. The molecule has 0 spiro atoms.